The fraction of sp³-hybridized carbons (Fsp3) is 0.533. The van der Waals surface area contributed by atoms with E-state index in [9.17, 15) is 25.2 Å². The van der Waals surface area contributed by atoms with Crippen LogP contribution in [0.3, 0.4) is 0 Å². The Morgan fingerprint density at radius 2 is 1.68 bits per heavy atom. The topological polar surface area (TPSA) is 127 Å². The van der Waals surface area contributed by atoms with Crippen LogP contribution in [0.15, 0.2) is 24.3 Å². The lowest BCUT2D eigenvalue weighted by atomic mass is 10.0. The van der Waals surface area contributed by atoms with E-state index in [0.29, 0.717) is 12.0 Å². The van der Waals surface area contributed by atoms with Gasteiger partial charge >= 0.3 is 5.97 Å². The predicted molar refractivity (Wildman–Crippen MR) is 77.2 cm³/mol. The van der Waals surface area contributed by atoms with Crippen molar-refractivity contribution < 1.29 is 35.1 Å². The van der Waals surface area contributed by atoms with E-state index in [0.717, 1.165) is 5.56 Å². The van der Waals surface area contributed by atoms with Crippen molar-refractivity contribution in [1.29, 1.82) is 0 Å². The van der Waals surface area contributed by atoms with Gasteiger partial charge in [-0.1, -0.05) is 25.1 Å². The minimum absolute atomic E-state index is 0.364. The molecule has 0 amide bonds. The number of aryl methyl sites for hydroxylation is 1. The Kier molecular flexibility index (Phi) is 7.43. The van der Waals surface area contributed by atoms with Crippen LogP contribution in [0.2, 0.25) is 0 Å². The highest BCUT2D eigenvalue weighted by molar-refractivity contribution is 5.91. The maximum absolute atomic E-state index is 11.9. The van der Waals surface area contributed by atoms with Gasteiger partial charge in [-0.05, 0) is 18.1 Å². The van der Waals surface area contributed by atoms with Gasteiger partial charge in [-0.3, -0.25) is 0 Å². The molecule has 0 aromatic heterocycles. The normalized spacial score (nSPS) is 16.6. The zero-order valence-corrected chi connectivity index (χ0v) is 12.3. The van der Waals surface area contributed by atoms with Crippen LogP contribution in [0.25, 0.3) is 0 Å². The van der Waals surface area contributed by atoms with Crippen LogP contribution in [0.1, 0.15) is 22.8 Å². The summed E-state index contributed by atoms with van der Waals surface area (Å²) < 4.78 is 4.91. The van der Waals surface area contributed by atoms with Crippen molar-refractivity contribution >= 4 is 5.97 Å². The highest BCUT2D eigenvalue weighted by atomic mass is 16.5. The highest BCUT2D eigenvalue weighted by Crippen LogP contribution is 2.12. The Hall–Kier alpha value is -1.51. The van der Waals surface area contributed by atoms with E-state index in [1.54, 1.807) is 24.3 Å². The van der Waals surface area contributed by atoms with E-state index in [2.05, 4.69) is 0 Å². The molecule has 1 aromatic carbocycles. The van der Waals surface area contributed by atoms with E-state index in [4.69, 9.17) is 9.84 Å². The predicted octanol–water partition coefficient (Wildman–Crippen LogP) is -1.16. The molecule has 0 heterocycles. The fourth-order valence-electron chi connectivity index (χ4n) is 1.93. The van der Waals surface area contributed by atoms with Crippen molar-refractivity contribution in [1.82, 2.24) is 0 Å². The number of hydrogen-bond donors (Lipinski definition) is 5. The number of rotatable bonds is 8. The summed E-state index contributed by atoms with van der Waals surface area (Å²) >= 11 is 0. The molecule has 0 unspecified atom stereocenters. The third-order valence-corrected chi connectivity index (χ3v) is 3.33. The van der Waals surface area contributed by atoms with Crippen LogP contribution >= 0.6 is 0 Å². The summed E-state index contributed by atoms with van der Waals surface area (Å²) in [6.07, 6.45) is -6.05. The lowest BCUT2D eigenvalue weighted by molar-refractivity contribution is -0.124. The first-order chi connectivity index (χ1) is 10.4. The minimum atomic E-state index is -1.75. The Morgan fingerprint density at radius 1 is 1.09 bits per heavy atom. The Labute approximate surface area is 128 Å². The summed E-state index contributed by atoms with van der Waals surface area (Å²) in [5.41, 5.74) is 1.15. The van der Waals surface area contributed by atoms with Gasteiger partial charge in [0.1, 0.15) is 31.0 Å². The maximum atomic E-state index is 11.9. The Balaban J connectivity index is 2.60. The van der Waals surface area contributed by atoms with Crippen molar-refractivity contribution in [2.75, 3.05) is 13.2 Å². The van der Waals surface area contributed by atoms with Gasteiger partial charge < -0.3 is 30.3 Å². The van der Waals surface area contributed by atoms with Crippen molar-refractivity contribution in [3.63, 3.8) is 0 Å². The number of esters is 1. The summed E-state index contributed by atoms with van der Waals surface area (Å²) in [4.78, 5) is 11.9. The van der Waals surface area contributed by atoms with Gasteiger partial charge in [-0.25, -0.2) is 4.79 Å². The van der Waals surface area contributed by atoms with E-state index in [1.165, 1.54) is 0 Å². The molecule has 7 heteroatoms. The van der Waals surface area contributed by atoms with Crippen LogP contribution in [0, 0.1) is 0 Å². The third-order valence-electron chi connectivity index (χ3n) is 3.33. The van der Waals surface area contributed by atoms with Crippen LogP contribution in [0.4, 0.5) is 0 Å². The summed E-state index contributed by atoms with van der Waals surface area (Å²) in [7, 11) is 0. The SMILES string of the molecule is CCc1ccccc1C(=O)OC[C@H](O)[C@@H](O)[C@H](O)[C@H](O)CO. The lowest BCUT2D eigenvalue weighted by Crippen LogP contribution is -2.47. The number of hydrogen-bond acceptors (Lipinski definition) is 7. The molecule has 0 aliphatic rings. The van der Waals surface area contributed by atoms with E-state index >= 15 is 0 Å². The average Bonchev–Trinajstić information content (AvgIpc) is 2.56. The smallest absolute Gasteiger partial charge is 0.338 e. The molecular formula is C15H22O7. The van der Waals surface area contributed by atoms with Gasteiger partial charge in [0.25, 0.3) is 0 Å². The minimum Gasteiger partial charge on any atom is -0.459 e. The van der Waals surface area contributed by atoms with Crippen LogP contribution in [0.5, 0.6) is 0 Å². The van der Waals surface area contributed by atoms with Crippen molar-refractivity contribution in [3.05, 3.63) is 35.4 Å². The third kappa shape index (κ3) is 4.75. The number of benzene rings is 1. The molecule has 0 aliphatic heterocycles. The second-order valence-electron chi connectivity index (χ2n) is 4.91. The quantitative estimate of drug-likeness (QED) is 0.383. The van der Waals surface area contributed by atoms with Crippen LogP contribution in [-0.2, 0) is 11.2 Å². The van der Waals surface area contributed by atoms with Gasteiger partial charge in [0.15, 0.2) is 0 Å². The largest absolute Gasteiger partial charge is 0.459 e. The van der Waals surface area contributed by atoms with Gasteiger partial charge in [-0.2, -0.15) is 0 Å². The number of aliphatic hydroxyl groups is 5. The number of carbonyl (C=O) groups excluding carboxylic acids is 1. The number of carbonyl (C=O) groups is 1. The molecule has 4 atom stereocenters. The first kappa shape index (κ1) is 18.5. The van der Waals surface area contributed by atoms with Gasteiger partial charge in [0.05, 0.1) is 12.2 Å². The highest BCUT2D eigenvalue weighted by Gasteiger charge is 2.30. The first-order valence-electron chi connectivity index (χ1n) is 7.00. The standard InChI is InChI=1S/C15H22O7/c1-2-9-5-3-4-6-10(9)15(21)22-8-12(18)14(20)13(19)11(17)7-16/h3-6,11-14,16-20H,2,7-8H2,1H3/t11-,12+,13-,14-/m1/s1. The zero-order chi connectivity index (χ0) is 16.7. The summed E-state index contributed by atoms with van der Waals surface area (Å²) in [6, 6.07) is 6.85. The molecule has 22 heavy (non-hydrogen) atoms. The molecule has 5 N–H and O–H groups in total. The fourth-order valence-corrected chi connectivity index (χ4v) is 1.93. The summed E-state index contributed by atoms with van der Waals surface area (Å²) in [5.74, 6) is -0.652. The Bertz CT molecular complexity index is 477. The van der Waals surface area contributed by atoms with Crippen molar-refractivity contribution in [3.8, 4) is 0 Å². The summed E-state index contributed by atoms with van der Waals surface area (Å²) in [6.45, 7) is 0.569. The Morgan fingerprint density at radius 3 is 2.27 bits per heavy atom. The van der Waals surface area contributed by atoms with Crippen LogP contribution < -0.4 is 0 Å². The lowest BCUT2D eigenvalue weighted by Gasteiger charge is -2.25. The van der Waals surface area contributed by atoms with Gasteiger partial charge in [-0.15, -0.1) is 0 Å². The van der Waals surface area contributed by atoms with E-state index < -0.39 is 43.6 Å². The molecule has 0 spiro atoms. The number of aliphatic hydroxyl groups excluding tert-OH is 5. The molecule has 124 valence electrons. The molecule has 0 saturated carbocycles. The van der Waals surface area contributed by atoms with E-state index in [-0.39, 0.29) is 0 Å². The molecule has 0 fully saturated rings. The van der Waals surface area contributed by atoms with Gasteiger partial charge in [0, 0.05) is 0 Å². The number of ether oxygens (including phenoxy) is 1. The molecule has 1 rings (SSSR count). The van der Waals surface area contributed by atoms with Crippen LogP contribution in [-0.4, -0.2) is 69.1 Å². The molecule has 0 radical (unpaired) electrons. The summed E-state index contributed by atoms with van der Waals surface area (Å²) in [5, 5.41) is 46.6. The molecule has 7 nitrogen and oxygen atoms in total. The van der Waals surface area contributed by atoms with Gasteiger partial charge in [0.2, 0.25) is 0 Å². The molecular weight excluding hydrogens is 292 g/mol. The second kappa shape index (κ2) is 8.82. The molecule has 1 aromatic rings. The van der Waals surface area contributed by atoms with E-state index in [1.807, 2.05) is 6.92 Å². The zero-order valence-electron chi connectivity index (χ0n) is 12.3. The molecule has 0 aliphatic carbocycles. The molecule has 0 saturated heterocycles. The van der Waals surface area contributed by atoms with Crippen molar-refractivity contribution in [2.45, 2.75) is 37.8 Å². The first-order valence-corrected chi connectivity index (χ1v) is 7.00. The molecule has 0 bridgehead atoms. The maximum Gasteiger partial charge on any atom is 0.338 e. The monoisotopic (exact) mass is 314 g/mol. The van der Waals surface area contributed by atoms with Crippen molar-refractivity contribution in [2.24, 2.45) is 0 Å². The average molecular weight is 314 g/mol. The second-order valence-corrected chi connectivity index (χ2v) is 4.91.